The Morgan fingerprint density at radius 2 is 2.00 bits per heavy atom. The lowest BCUT2D eigenvalue weighted by molar-refractivity contribution is -0.137. The van der Waals surface area contributed by atoms with E-state index in [1.165, 1.54) is 6.07 Å². The summed E-state index contributed by atoms with van der Waals surface area (Å²) in [6, 6.07) is 4.93. The molecule has 0 saturated heterocycles. The van der Waals surface area contributed by atoms with Crippen molar-refractivity contribution in [2.24, 2.45) is 5.73 Å². The Bertz CT molecular complexity index is 393. The van der Waals surface area contributed by atoms with E-state index >= 15 is 0 Å². The summed E-state index contributed by atoms with van der Waals surface area (Å²) in [6.45, 7) is 0.439. The monoisotopic (exact) mass is 265 g/mol. The Hall–Kier alpha value is -0.880. The summed E-state index contributed by atoms with van der Waals surface area (Å²) in [5.74, 6) is 0.566. The van der Waals surface area contributed by atoms with Crippen LogP contribution in [0.25, 0.3) is 0 Å². The van der Waals surface area contributed by atoms with E-state index in [9.17, 15) is 17.4 Å². The Morgan fingerprint density at radius 3 is 2.59 bits per heavy atom. The number of hydrogen-bond donors (Lipinski definition) is 1. The van der Waals surface area contributed by atoms with Crippen LogP contribution in [0.1, 0.15) is 17.5 Å². The van der Waals surface area contributed by atoms with Crippen molar-refractivity contribution in [3.63, 3.8) is 0 Å². The van der Waals surface area contributed by atoms with Gasteiger partial charge in [0.05, 0.1) is 5.56 Å². The maximum absolute atomic E-state index is 12.4. The Balaban J connectivity index is 2.69. The van der Waals surface area contributed by atoms with Crippen molar-refractivity contribution >= 4 is 10.8 Å². The van der Waals surface area contributed by atoms with Gasteiger partial charge in [-0.1, -0.05) is 18.2 Å². The van der Waals surface area contributed by atoms with Crippen molar-refractivity contribution in [2.75, 3.05) is 12.3 Å². The maximum Gasteiger partial charge on any atom is 0.416 e. The van der Waals surface area contributed by atoms with E-state index in [4.69, 9.17) is 5.73 Å². The number of rotatable bonds is 5. The second kappa shape index (κ2) is 6.16. The van der Waals surface area contributed by atoms with Crippen LogP contribution in [0.2, 0.25) is 0 Å². The summed E-state index contributed by atoms with van der Waals surface area (Å²) in [4.78, 5) is 0. The molecular formula is C11H14F3NOS. The number of benzene rings is 1. The first-order valence-electron chi connectivity index (χ1n) is 5.14. The fourth-order valence-corrected chi connectivity index (χ4v) is 2.52. The molecule has 1 unspecified atom stereocenters. The molecular weight excluding hydrogens is 251 g/mol. The molecule has 2 N–H and O–H groups in total. The highest BCUT2D eigenvalue weighted by atomic mass is 32.2. The van der Waals surface area contributed by atoms with E-state index in [0.717, 1.165) is 12.1 Å². The quantitative estimate of drug-likeness (QED) is 0.887. The normalized spacial score (nSPS) is 13.6. The molecule has 0 amide bonds. The number of hydrogen-bond acceptors (Lipinski definition) is 2. The molecule has 0 aliphatic carbocycles. The first-order chi connectivity index (χ1) is 7.93. The van der Waals surface area contributed by atoms with Crippen LogP contribution in [0.15, 0.2) is 24.3 Å². The highest BCUT2D eigenvalue weighted by Crippen LogP contribution is 2.29. The van der Waals surface area contributed by atoms with Crippen molar-refractivity contribution in [1.29, 1.82) is 0 Å². The molecule has 0 fully saturated rings. The highest BCUT2D eigenvalue weighted by Gasteiger charge is 2.30. The molecule has 0 bridgehead atoms. The zero-order chi connectivity index (χ0) is 12.9. The molecule has 1 atom stereocenters. The molecule has 0 saturated carbocycles. The fourth-order valence-electron chi connectivity index (χ4n) is 1.34. The molecule has 96 valence electrons. The summed E-state index contributed by atoms with van der Waals surface area (Å²) in [6.07, 6.45) is -3.74. The molecule has 0 spiro atoms. The minimum atomic E-state index is -4.35. The van der Waals surface area contributed by atoms with Crippen molar-refractivity contribution in [3.05, 3.63) is 35.4 Å². The van der Waals surface area contributed by atoms with Crippen molar-refractivity contribution in [3.8, 4) is 0 Å². The van der Waals surface area contributed by atoms with Crippen LogP contribution in [0.3, 0.4) is 0 Å². The largest absolute Gasteiger partial charge is 0.416 e. The standard InChI is InChI=1S/C11H14F3NOS/c12-11(13,14)10-4-1-3-9(7-10)8-17(16)6-2-5-15/h1,3-4,7H,2,5-6,8,15H2. The van der Waals surface area contributed by atoms with Crippen LogP contribution in [-0.4, -0.2) is 16.5 Å². The van der Waals surface area contributed by atoms with Gasteiger partial charge in [-0.2, -0.15) is 13.2 Å². The van der Waals surface area contributed by atoms with Crippen molar-refractivity contribution in [2.45, 2.75) is 18.3 Å². The van der Waals surface area contributed by atoms with Gasteiger partial charge in [0.1, 0.15) is 0 Å². The van der Waals surface area contributed by atoms with Gasteiger partial charge < -0.3 is 5.73 Å². The molecule has 0 radical (unpaired) electrons. The summed E-state index contributed by atoms with van der Waals surface area (Å²) in [5, 5.41) is 0. The molecule has 6 heteroatoms. The average Bonchev–Trinajstić information content (AvgIpc) is 2.25. The second-order valence-corrected chi connectivity index (χ2v) is 5.21. The lowest BCUT2D eigenvalue weighted by Crippen LogP contribution is -2.09. The third-order valence-electron chi connectivity index (χ3n) is 2.16. The summed E-state index contributed by atoms with van der Waals surface area (Å²) >= 11 is 0. The Kier molecular flexibility index (Phi) is 5.14. The summed E-state index contributed by atoms with van der Waals surface area (Å²) in [7, 11) is -1.15. The van der Waals surface area contributed by atoms with E-state index in [0.29, 0.717) is 24.3 Å². The second-order valence-electron chi connectivity index (χ2n) is 3.63. The zero-order valence-corrected chi connectivity index (χ0v) is 9.98. The first-order valence-corrected chi connectivity index (χ1v) is 6.63. The van der Waals surface area contributed by atoms with Crippen LogP contribution < -0.4 is 5.73 Å². The van der Waals surface area contributed by atoms with Gasteiger partial charge in [0.15, 0.2) is 0 Å². The molecule has 2 nitrogen and oxygen atoms in total. The smallest absolute Gasteiger partial charge is 0.330 e. The third-order valence-corrected chi connectivity index (χ3v) is 3.56. The number of nitrogens with two attached hydrogens (primary N) is 1. The van der Waals surface area contributed by atoms with Gasteiger partial charge in [-0.25, -0.2) is 0 Å². The van der Waals surface area contributed by atoms with Gasteiger partial charge in [0.2, 0.25) is 0 Å². The van der Waals surface area contributed by atoms with Crippen LogP contribution in [-0.2, 0) is 22.7 Å². The third kappa shape index (κ3) is 4.87. The van der Waals surface area contributed by atoms with E-state index in [-0.39, 0.29) is 5.75 Å². The highest BCUT2D eigenvalue weighted by molar-refractivity contribution is 7.84. The minimum absolute atomic E-state index is 0.143. The van der Waals surface area contributed by atoms with E-state index in [1.54, 1.807) is 6.07 Å². The molecule has 0 heterocycles. The number of halogens is 3. The maximum atomic E-state index is 12.4. The predicted octanol–water partition coefficient (Wildman–Crippen LogP) is 2.30. The predicted molar refractivity (Wildman–Crippen MR) is 61.8 cm³/mol. The van der Waals surface area contributed by atoms with Crippen LogP contribution >= 0.6 is 0 Å². The zero-order valence-electron chi connectivity index (χ0n) is 9.17. The van der Waals surface area contributed by atoms with Crippen LogP contribution in [0.5, 0.6) is 0 Å². The van der Waals surface area contributed by atoms with Crippen molar-refractivity contribution in [1.82, 2.24) is 0 Å². The summed E-state index contributed by atoms with van der Waals surface area (Å²) in [5.41, 5.74) is 5.01. The molecule has 1 aromatic carbocycles. The average molecular weight is 265 g/mol. The van der Waals surface area contributed by atoms with Gasteiger partial charge in [-0.05, 0) is 24.6 Å². The van der Waals surface area contributed by atoms with Gasteiger partial charge in [0.25, 0.3) is 0 Å². The Morgan fingerprint density at radius 1 is 1.29 bits per heavy atom. The van der Waals surface area contributed by atoms with Gasteiger partial charge in [-0.15, -0.1) is 0 Å². The minimum Gasteiger partial charge on any atom is -0.330 e. The molecule has 1 rings (SSSR count). The van der Waals surface area contributed by atoms with Gasteiger partial charge in [-0.3, -0.25) is 4.21 Å². The molecule has 0 aliphatic heterocycles. The number of alkyl halides is 3. The molecule has 0 aliphatic rings. The summed E-state index contributed by atoms with van der Waals surface area (Å²) < 4.78 is 48.8. The van der Waals surface area contributed by atoms with E-state index in [1.807, 2.05) is 0 Å². The van der Waals surface area contributed by atoms with E-state index < -0.39 is 22.5 Å². The van der Waals surface area contributed by atoms with Gasteiger partial charge in [0, 0.05) is 22.3 Å². The van der Waals surface area contributed by atoms with Crippen LogP contribution in [0.4, 0.5) is 13.2 Å². The molecule has 1 aromatic rings. The van der Waals surface area contributed by atoms with Gasteiger partial charge >= 0.3 is 6.18 Å². The fraction of sp³-hybridized carbons (Fsp3) is 0.455. The molecule has 17 heavy (non-hydrogen) atoms. The first kappa shape index (κ1) is 14.2. The van der Waals surface area contributed by atoms with Crippen LogP contribution in [0, 0.1) is 0 Å². The molecule has 0 aromatic heterocycles. The van der Waals surface area contributed by atoms with Crippen molar-refractivity contribution < 1.29 is 17.4 Å². The topological polar surface area (TPSA) is 43.1 Å². The van der Waals surface area contributed by atoms with E-state index in [2.05, 4.69) is 0 Å². The Labute approximate surface area is 100 Å². The SMILES string of the molecule is NCCCS(=O)Cc1cccc(C(F)(F)F)c1. The lowest BCUT2D eigenvalue weighted by atomic mass is 10.1. The lowest BCUT2D eigenvalue weighted by Gasteiger charge is -2.08.